The van der Waals surface area contributed by atoms with Crippen LogP contribution >= 0.6 is 0 Å². The molecule has 2 amide bonds. The highest BCUT2D eigenvalue weighted by molar-refractivity contribution is 6.02. The molecule has 0 aliphatic carbocycles. The van der Waals surface area contributed by atoms with Crippen LogP contribution in [0.15, 0.2) is 36.4 Å². The molecular formula is C20H19N3O7. The van der Waals surface area contributed by atoms with Crippen molar-refractivity contribution in [3.05, 3.63) is 52.1 Å². The van der Waals surface area contributed by atoms with Crippen molar-refractivity contribution in [1.82, 2.24) is 5.32 Å². The van der Waals surface area contributed by atoms with Crippen molar-refractivity contribution in [2.75, 3.05) is 31.3 Å². The van der Waals surface area contributed by atoms with Crippen LogP contribution in [0.3, 0.4) is 0 Å². The first-order valence-electron chi connectivity index (χ1n) is 9.33. The molecule has 0 saturated carbocycles. The quantitative estimate of drug-likeness (QED) is 0.588. The van der Waals surface area contributed by atoms with Crippen molar-refractivity contribution in [3.63, 3.8) is 0 Å². The predicted octanol–water partition coefficient (Wildman–Crippen LogP) is 1.97. The van der Waals surface area contributed by atoms with E-state index < -0.39 is 16.7 Å². The number of anilines is 1. The normalized spacial score (nSPS) is 15.6. The van der Waals surface area contributed by atoms with Gasteiger partial charge in [0, 0.05) is 12.1 Å². The molecule has 0 spiro atoms. The molecule has 0 saturated heterocycles. The van der Waals surface area contributed by atoms with Crippen LogP contribution < -0.4 is 24.4 Å². The van der Waals surface area contributed by atoms with E-state index in [-0.39, 0.29) is 30.6 Å². The van der Waals surface area contributed by atoms with Gasteiger partial charge in [-0.05, 0) is 30.7 Å². The number of hydrogen-bond donors (Lipinski definition) is 1. The fourth-order valence-electron chi connectivity index (χ4n) is 3.32. The molecule has 2 aliphatic heterocycles. The number of nitro groups is 1. The van der Waals surface area contributed by atoms with Crippen molar-refractivity contribution in [3.8, 4) is 17.2 Å². The van der Waals surface area contributed by atoms with Gasteiger partial charge in [-0.1, -0.05) is 6.07 Å². The molecule has 2 aromatic rings. The third-order valence-electron chi connectivity index (χ3n) is 4.84. The number of carbonyl (C=O) groups is 2. The van der Waals surface area contributed by atoms with Crippen LogP contribution in [0.1, 0.15) is 18.5 Å². The largest absolute Gasteiger partial charge is 0.486 e. The Balaban J connectivity index is 1.48. The summed E-state index contributed by atoms with van der Waals surface area (Å²) in [4.78, 5) is 36.6. The van der Waals surface area contributed by atoms with Gasteiger partial charge in [-0.3, -0.25) is 24.6 Å². The van der Waals surface area contributed by atoms with E-state index >= 15 is 0 Å². The average molecular weight is 413 g/mol. The lowest BCUT2D eigenvalue weighted by atomic mass is 10.1. The maximum atomic E-state index is 12.6. The SMILES string of the molecule is CC(NC(=O)CN1C(=O)COc2ccc([N+](=O)[O-])cc21)c1ccc2c(c1)OCCO2. The van der Waals surface area contributed by atoms with Crippen LogP contribution in [0.2, 0.25) is 0 Å². The topological polar surface area (TPSA) is 120 Å². The number of fused-ring (bicyclic) bond motifs is 2. The van der Waals surface area contributed by atoms with Gasteiger partial charge in [0.1, 0.15) is 25.5 Å². The van der Waals surface area contributed by atoms with Gasteiger partial charge >= 0.3 is 0 Å². The number of nitrogens with zero attached hydrogens (tertiary/aromatic N) is 2. The Morgan fingerprint density at radius 3 is 2.63 bits per heavy atom. The number of rotatable bonds is 5. The molecule has 30 heavy (non-hydrogen) atoms. The smallest absolute Gasteiger partial charge is 0.271 e. The van der Waals surface area contributed by atoms with Crippen LogP contribution in [0.25, 0.3) is 0 Å². The minimum absolute atomic E-state index is 0.192. The van der Waals surface area contributed by atoms with E-state index in [0.29, 0.717) is 30.5 Å². The zero-order chi connectivity index (χ0) is 21.3. The Kier molecular flexibility index (Phi) is 5.13. The molecule has 156 valence electrons. The van der Waals surface area contributed by atoms with Gasteiger partial charge < -0.3 is 19.5 Å². The molecule has 0 aromatic heterocycles. The maximum Gasteiger partial charge on any atom is 0.271 e. The van der Waals surface area contributed by atoms with Crippen LogP contribution in [0.4, 0.5) is 11.4 Å². The highest BCUT2D eigenvalue weighted by Gasteiger charge is 2.29. The molecule has 1 unspecified atom stereocenters. The van der Waals surface area contributed by atoms with Crippen molar-refractivity contribution >= 4 is 23.2 Å². The zero-order valence-electron chi connectivity index (χ0n) is 16.1. The molecule has 2 aliphatic rings. The standard InChI is InChI=1S/C20H19N3O7/c1-12(13-2-4-17-18(8-13)29-7-6-28-17)21-19(24)10-22-15-9-14(23(26)27)3-5-16(15)30-11-20(22)25/h2-5,8-9,12H,6-7,10-11H2,1H3,(H,21,24). The Morgan fingerprint density at radius 1 is 1.13 bits per heavy atom. The molecule has 10 heteroatoms. The fraction of sp³-hybridized carbons (Fsp3) is 0.300. The Labute approximate surface area is 171 Å². The van der Waals surface area contributed by atoms with Gasteiger partial charge in [0.05, 0.1) is 16.7 Å². The summed E-state index contributed by atoms with van der Waals surface area (Å²) < 4.78 is 16.4. The van der Waals surface area contributed by atoms with Crippen LogP contribution in [-0.4, -0.2) is 43.1 Å². The van der Waals surface area contributed by atoms with Crippen molar-refractivity contribution in [2.24, 2.45) is 0 Å². The van der Waals surface area contributed by atoms with Crippen molar-refractivity contribution in [2.45, 2.75) is 13.0 Å². The molecule has 2 heterocycles. The lowest BCUT2D eigenvalue weighted by molar-refractivity contribution is -0.384. The van der Waals surface area contributed by atoms with E-state index in [9.17, 15) is 19.7 Å². The van der Waals surface area contributed by atoms with Gasteiger partial charge in [0.15, 0.2) is 18.1 Å². The van der Waals surface area contributed by atoms with E-state index in [2.05, 4.69) is 5.32 Å². The molecule has 0 radical (unpaired) electrons. The zero-order valence-corrected chi connectivity index (χ0v) is 16.1. The second-order valence-corrected chi connectivity index (χ2v) is 6.87. The first kappa shape index (κ1) is 19.5. The lowest BCUT2D eigenvalue weighted by Crippen LogP contribution is -2.45. The van der Waals surface area contributed by atoms with Gasteiger partial charge in [-0.25, -0.2) is 0 Å². The van der Waals surface area contributed by atoms with Crippen molar-refractivity contribution < 1.29 is 28.7 Å². The summed E-state index contributed by atoms with van der Waals surface area (Å²) in [7, 11) is 0. The molecule has 0 fully saturated rings. The number of non-ortho nitro benzene ring substituents is 1. The number of hydrogen-bond acceptors (Lipinski definition) is 7. The van der Waals surface area contributed by atoms with Gasteiger partial charge in [0.25, 0.3) is 11.6 Å². The Morgan fingerprint density at radius 2 is 1.87 bits per heavy atom. The second kappa shape index (κ2) is 7.90. The van der Waals surface area contributed by atoms with Crippen LogP contribution in [0, 0.1) is 10.1 Å². The van der Waals surface area contributed by atoms with E-state index in [4.69, 9.17) is 14.2 Å². The molecule has 2 aromatic carbocycles. The molecular weight excluding hydrogens is 394 g/mol. The summed E-state index contributed by atoms with van der Waals surface area (Å²) in [5, 5.41) is 13.9. The Bertz CT molecular complexity index is 1020. The first-order valence-corrected chi connectivity index (χ1v) is 9.33. The summed E-state index contributed by atoms with van der Waals surface area (Å²) in [6.07, 6.45) is 0. The average Bonchev–Trinajstić information content (AvgIpc) is 2.75. The van der Waals surface area contributed by atoms with E-state index in [1.807, 2.05) is 13.0 Å². The highest BCUT2D eigenvalue weighted by atomic mass is 16.6. The molecule has 4 rings (SSSR count). The van der Waals surface area contributed by atoms with Gasteiger partial charge in [0.2, 0.25) is 5.91 Å². The third kappa shape index (κ3) is 3.84. The summed E-state index contributed by atoms with van der Waals surface area (Å²) in [6, 6.07) is 9.00. The van der Waals surface area contributed by atoms with Gasteiger partial charge in [-0.15, -0.1) is 0 Å². The minimum Gasteiger partial charge on any atom is -0.486 e. The number of ether oxygens (including phenoxy) is 3. The van der Waals surface area contributed by atoms with E-state index in [1.165, 1.54) is 23.1 Å². The number of benzene rings is 2. The van der Waals surface area contributed by atoms with E-state index in [1.54, 1.807) is 12.1 Å². The lowest BCUT2D eigenvalue weighted by Gasteiger charge is -2.29. The van der Waals surface area contributed by atoms with Crippen LogP contribution in [0.5, 0.6) is 17.2 Å². The monoisotopic (exact) mass is 413 g/mol. The Hall–Kier alpha value is -3.82. The number of amides is 2. The van der Waals surface area contributed by atoms with E-state index in [0.717, 1.165) is 5.56 Å². The molecule has 1 atom stereocenters. The summed E-state index contributed by atoms with van der Waals surface area (Å²) in [5.41, 5.74) is 0.821. The number of carbonyl (C=O) groups excluding carboxylic acids is 2. The molecule has 0 bridgehead atoms. The fourth-order valence-corrected chi connectivity index (χ4v) is 3.32. The van der Waals surface area contributed by atoms with Crippen LogP contribution in [-0.2, 0) is 9.59 Å². The number of nitrogens with one attached hydrogen (secondary N) is 1. The second-order valence-electron chi connectivity index (χ2n) is 6.87. The first-order chi connectivity index (χ1) is 14.4. The van der Waals surface area contributed by atoms with Crippen molar-refractivity contribution in [1.29, 1.82) is 0 Å². The molecule has 1 N–H and O–H groups in total. The predicted molar refractivity (Wildman–Crippen MR) is 105 cm³/mol. The minimum atomic E-state index is -0.568. The van der Waals surface area contributed by atoms with Gasteiger partial charge in [-0.2, -0.15) is 0 Å². The summed E-state index contributed by atoms with van der Waals surface area (Å²) >= 11 is 0. The molecule has 10 nitrogen and oxygen atoms in total. The summed E-state index contributed by atoms with van der Waals surface area (Å²) in [5.74, 6) is 0.716. The highest BCUT2D eigenvalue weighted by Crippen LogP contribution is 2.35. The number of nitro benzene ring substituents is 1. The summed E-state index contributed by atoms with van der Waals surface area (Å²) in [6.45, 7) is 2.23. The maximum absolute atomic E-state index is 12.6. The third-order valence-corrected chi connectivity index (χ3v) is 4.84.